The third-order valence-corrected chi connectivity index (χ3v) is 5.06. The Hall–Kier alpha value is -2.62. The van der Waals surface area contributed by atoms with Gasteiger partial charge in [-0.1, -0.05) is 36.8 Å². The largest absolute Gasteiger partial charge is 0.351 e. The highest BCUT2D eigenvalue weighted by Crippen LogP contribution is 2.28. The molecule has 25 heavy (non-hydrogen) atoms. The van der Waals surface area contributed by atoms with Gasteiger partial charge in [0.2, 0.25) is 0 Å². The summed E-state index contributed by atoms with van der Waals surface area (Å²) in [6.07, 6.45) is 3.12. The maximum absolute atomic E-state index is 13.2. The van der Waals surface area contributed by atoms with E-state index in [0.29, 0.717) is 12.2 Å². The number of aromatic nitrogens is 1. The van der Waals surface area contributed by atoms with E-state index in [1.165, 1.54) is 12.1 Å². The summed E-state index contributed by atoms with van der Waals surface area (Å²) in [4.78, 5) is 18.2. The quantitative estimate of drug-likeness (QED) is 0.722. The van der Waals surface area contributed by atoms with Crippen LogP contribution >= 0.6 is 0 Å². The monoisotopic (exact) mass is 336 g/mol. The number of carbonyl (C=O) groups is 1. The van der Waals surface area contributed by atoms with Crippen LogP contribution in [0.2, 0.25) is 0 Å². The Morgan fingerprint density at radius 1 is 1.08 bits per heavy atom. The van der Waals surface area contributed by atoms with Crippen molar-refractivity contribution in [2.75, 3.05) is 13.1 Å². The van der Waals surface area contributed by atoms with Crippen molar-refractivity contribution in [3.05, 3.63) is 71.7 Å². The first-order chi connectivity index (χ1) is 12.2. The fourth-order valence-electron chi connectivity index (χ4n) is 3.69. The zero-order chi connectivity index (χ0) is 17.2. The summed E-state index contributed by atoms with van der Waals surface area (Å²) >= 11 is 0. The van der Waals surface area contributed by atoms with Crippen LogP contribution < -0.4 is 0 Å². The molecule has 1 fully saturated rings. The summed E-state index contributed by atoms with van der Waals surface area (Å²) in [5.41, 5.74) is 2.73. The number of amides is 1. The highest BCUT2D eigenvalue weighted by molar-refractivity contribution is 5.98. The van der Waals surface area contributed by atoms with Gasteiger partial charge in [-0.05, 0) is 42.7 Å². The molecule has 0 aliphatic carbocycles. The third kappa shape index (κ3) is 3.29. The topological polar surface area (TPSA) is 36.1 Å². The number of aromatic amines is 1. The first kappa shape index (κ1) is 15.9. The van der Waals surface area contributed by atoms with E-state index in [1.54, 1.807) is 0 Å². The molecule has 0 bridgehead atoms. The van der Waals surface area contributed by atoms with E-state index in [4.69, 9.17) is 0 Å². The fourth-order valence-corrected chi connectivity index (χ4v) is 3.69. The Balaban J connectivity index is 1.57. The number of fused-ring (bicyclic) bond motifs is 1. The van der Waals surface area contributed by atoms with Gasteiger partial charge in [-0.15, -0.1) is 0 Å². The maximum Gasteiger partial charge on any atom is 0.270 e. The minimum absolute atomic E-state index is 0.0465. The molecular weight excluding hydrogens is 315 g/mol. The molecule has 1 saturated heterocycles. The standard InChI is InChI=1S/C21H21FN2O/c22-18-10-8-15(9-11-18)17-6-3-4-12-24(14-17)21(25)20-13-16-5-1-2-7-19(16)23-20/h1-2,5,7-11,13,17,23H,3-4,6,12,14H2. The van der Waals surface area contributed by atoms with Crippen molar-refractivity contribution >= 4 is 16.8 Å². The molecule has 4 heteroatoms. The van der Waals surface area contributed by atoms with Crippen molar-refractivity contribution in [1.29, 1.82) is 0 Å². The number of rotatable bonds is 2. The Morgan fingerprint density at radius 2 is 1.88 bits per heavy atom. The summed E-state index contributed by atoms with van der Waals surface area (Å²) < 4.78 is 13.2. The van der Waals surface area contributed by atoms with Crippen molar-refractivity contribution in [3.8, 4) is 0 Å². The number of likely N-dealkylation sites (tertiary alicyclic amines) is 1. The highest BCUT2D eigenvalue weighted by atomic mass is 19.1. The van der Waals surface area contributed by atoms with Gasteiger partial charge in [-0.3, -0.25) is 4.79 Å². The van der Waals surface area contributed by atoms with Crippen molar-refractivity contribution in [2.45, 2.75) is 25.2 Å². The summed E-state index contributed by atoms with van der Waals surface area (Å²) in [6, 6.07) is 16.5. The van der Waals surface area contributed by atoms with Crippen LogP contribution in [0.15, 0.2) is 54.6 Å². The molecule has 1 aromatic heterocycles. The zero-order valence-corrected chi connectivity index (χ0v) is 14.0. The molecule has 1 atom stereocenters. The molecule has 2 aromatic carbocycles. The van der Waals surface area contributed by atoms with Crippen LogP contribution in [0.3, 0.4) is 0 Å². The van der Waals surface area contributed by atoms with Gasteiger partial charge in [0.25, 0.3) is 5.91 Å². The molecule has 3 aromatic rings. The van der Waals surface area contributed by atoms with Gasteiger partial charge in [0.15, 0.2) is 0 Å². The van der Waals surface area contributed by atoms with E-state index < -0.39 is 0 Å². The first-order valence-electron chi connectivity index (χ1n) is 8.83. The first-order valence-corrected chi connectivity index (χ1v) is 8.83. The van der Waals surface area contributed by atoms with E-state index in [9.17, 15) is 9.18 Å². The second kappa shape index (κ2) is 6.71. The van der Waals surface area contributed by atoms with Gasteiger partial charge in [0.1, 0.15) is 11.5 Å². The van der Waals surface area contributed by atoms with Gasteiger partial charge in [0.05, 0.1) is 0 Å². The average Bonchev–Trinajstić information content (AvgIpc) is 2.92. The van der Waals surface area contributed by atoms with Gasteiger partial charge in [-0.2, -0.15) is 0 Å². The van der Waals surface area contributed by atoms with Crippen LogP contribution in [0.25, 0.3) is 10.9 Å². The van der Waals surface area contributed by atoms with E-state index in [2.05, 4.69) is 4.98 Å². The van der Waals surface area contributed by atoms with Gasteiger partial charge >= 0.3 is 0 Å². The molecule has 1 aliphatic rings. The summed E-state index contributed by atoms with van der Waals surface area (Å²) in [5, 5.41) is 1.05. The molecule has 1 N–H and O–H groups in total. The SMILES string of the molecule is O=C(c1cc2ccccc2[nH]1)N1CCCCC(c2ccc(F)cc2)C1. The van der Waals surface area contributed by atoms with Crippen LogP contribution in [0.1, 0.15) is 41.2 Å². The normalized spacial score (nSPS) is 18.3. The van der Waals surface area contributed by atoms with Gasteiger partial charge in [-0.25, -0.2) is 4.39 Å². The molecule has 1 aliphatic heterocycles. The van der Waals surface area contributed by atoms with E-state index in [0.717, 1.165) is 42.3 Å². The molecule has 0 radical (unpaired) electrons. The van der Waals surface area contributed by atoms with E-state index in [1.807, 2.05) is 47.4 Å². The summed E-state index contributed by atoms with van der Waals surface area (Å²) in [6.45, 7) is 1.45. The van der Waals surface area contributed by atoms with Crippen LogP contribution in [0.4, 0.5) is 4.39 Å². The average molecular weight is 336 g/mol. The number of hydrogen-bond acceptors (Lipinski definition) is 1. The number of para-hydroxylation sites is 1. The highest BCUT2D eigenvalue weighted by Gasteiger charge is 2.25. The molecule has 3 nitrogen and oxygen atoms in total. The molecular formula is C21H21FN2O. The molecule has 128 valence electrons. The van der Waals surface area contributed by atoms with Crippen molar-refractivity contribution in [1.82, 2.24) is 9.88 Å². The van der Waals surface area contributed by atoms with Crippen LogP contribution in [-0.2, 0) is 0 Å². The number of halogens is 1. The Bertz CT molecular complexity index is 851. The third-order valence-electron chi connectivity index (χ3n) is 5.06. The number of hydrogen-bond donors (Lipinski definition) is 1. The summed E-state index contributed by atoms with van der Waals surface area (Å²) in [5.74, 6) is 0.0880. The second-order valence-corrected chi connectivity index (χ2v) is 6.77. The lowest BCUT2D eigenvalue weighted by Gasteiger charge is -2.24. The van der Waals surface area contributed by atoms with Crippen molar-refractivity contribution in [3.63, 3.8) is 0 Å². The lowest BCUT2D eigenvalue weighted by molar-refractivity contribution is 0.0749. The predicted octanol–water partition coefficient (Wildman–Crippen LogP) is 4.72. The van der Waals surface area contributed by atoms with E-state index >= 15 is 0 Å². The molecule has 1 unspecified atom stereocenters. The van der Waals surface area contributed by atoms with E-state index in [-0.39, 0.29) is 17.6 Å². The van der Waals surface area contributed by atoms with Crippen molar-refractivity contribution in [2.24, 2.45) is 0 Å². The summed E-state index contributed by atoms with van der Waals surface area (Å²) in [7, 11) is 0. The van der Waals surface area contributed by atoms with Gasteiger partial charge in [0, 0.05) is 29.9 Å². The zero-order valence-electron chi connectivity index (χ0n) is 14.0. The molecule has 4 rings (SSSR count). The lowest BCUT2D eigenvalue weighted by Crippen LogP contribution is -2.34. The Morgan fingerprint density at radius 3 is 2.68 bits per heavy atom. The number of H-pyrrole nitrogens is 1. The van der Waals surface area contributed by atoms with Crippen LogP contribution in [-0.4, -0.2) is 28.9 Å². The molecule has 0 saturated carbocycles. The predicted molar refractivity (Wildman–Crippen MR) is 97.2 cm³/mol. The van der Waals surface area contributed by atoms with Crippen LogP contribution in [0.5, 0.6) is 0 Å². The number of nitrogens with zero attached hydrogens (tertiary/aromatic N) is 1. The lowest BCUT2D eigenvalue weighted by atomic mass is 9.94. The van der Waals surface area contributed by atoms with Gasteiger partial charge < -0.3 is 9.88 Å². The van der Waals surface area contributed by atoms with Crippen LogP contribution in [0, 0.1) is 5.82 Å². The number of nitrogens with one attached hydrogen (secondary N) is 1. The van der Waals surface area contributed by atoms with Crippen molar-refractivity contribution < 1.29 is 9.18 Å². The molecule has 1 amide bonds. The number of carbonyl (C=O) groups excluding carboxylic acids is 1. The Labute approximate surface area is 146 Å². The second-order valence-electron chi connectivity index (χ2n) is 6.77. The number of benzene rings is 2. The molecule has 2 heterocycles. The minimum atomic E-state index is -0.219. The maximum atomic E-state index is 13.2. The Kier molecular flexibility index (Phi) is 4.26. The fraction of sp³-hybridized carbons (Fsp3) is 0.286. The molecule has 0 spiro atoms. The smallest absolute Gasteiger partial charge is 0.270 e. The minimum Gasteiger partial charge on any atom is -0.351 e.